The molecular weight excluding hydrogens is 362 g/mol. The third-order valence-electron chi connectivity index (χ3n) is 4.96. The van der Waals surface area contributed by atoms with Crippen LogP contribution in [0.5, 0.6) is 0 Å². The van der Waals surface area contributed by atoms with Crippen molar-refractivity contribution in [3.63, 3.8) is 0 Å². The van der Waals surface area contributed by atoms with Gasteiger partial charge in [-0.05, 0) is 57.9 Å². The SMILES string of the molecule is CCCCCC=CCC=CCCCCCCCCNC(=O)C(CCCN)NC=O. The minimum atomic E-state index is -0.458. The molecule has 168 valence electrons. The van der Waals surface area contributed by atoms with Crippen molar-refractivity contribution in [2.75, 3.05) is 13.1 Å². The molecule has 2 amide bonds. The Balaban J connectivity index is 3.47. The molecular formula is C24H45N3O2. The first-order valence-corrected chi connectivity index (χ1v) is 11.7. The van der Waals surface area contributed by atoms with Crippen molar-refractivity contribution < 1.29 is 9.59 Å². The maximum atomic E-state index is 12.0. The number of nitrogens with one attached hydrogen (secondary N) is 2. The summed E-state index contributed by atoms with van der Waals surface area (Å²) >= 11 is 0. The fourth-order valence-electron chi connectivity index (χ4n) is 3.14. The fraction of sp³-hybridized carbons (Fsp3) is 0.750. The Morgan fingerprint density at radius 3 is 2.10 bits per heavy atom. The minimum Gasteiger partial charge on any atom is -0.354 e. The van der Waals surface area contributed by atoms with Crippen LogP contribution >= 0.6 is 0 Å². The van der Waals surface area contributed by atoms with Crippen molar-refractivity contribution in [3.05, 3.63) is 24.3 Å². The van der Waals surface area contributed by atoms with Crippen LogP contribution in [-0.4, -0.2) is 31.4 Å². The average molecular weight is 408 g/mol. The molecule has 0 saturated carbocycles. The second kappa shape index (κ2) is 22.7. The van der Waals surface area contributed by atoms with Gasteiger partial charge in [-0.1, -0.05) is 69.8 Å². The van der Waals surface area contributed by atoms with Gasteiger partial charge in [0.05, 0.1) is 0 Å². The molecule has 0 radical (unpaired) electrons. The van der Waals surface area contributed by atoms with Crippen molar-refractivity contribution in [1.82, 2.24) is 10.6 Å². The maximum absolute atomic E-state index is 12.0. The summed E-state index contributed by atoms with van der Waals surface area (Å²) in [4.78, 5) is 22.6. The van der Waals surface area contributed by atoms with E-state index in [9.17, 15) is 9.59 Å². The molecule has 0 aromatic carbocycles. The van der Waals surface area contributed by atoms with Crippen LogP contribution in [0.2, 0.25) is 0 Å². The molecule has 0 fully saturated rings. The summed E-state index contributed by atoms with van der Waals surface area (Å²) in [7, 11) is 0. The zero-order valence-corrected chi connectivity index (χ0v) is 18.7. The fourth-order valence-corrected chi connectivity index (χ4v) is 3.14. The molecule has 0 rings (SSSR count). The van der Waals surface area contributed by atoms with Crippen molar-refractivity contribution in [2.45, 2.75) is 103 Å². The van der Waals surface area contributed by atoms with E-state index in [0.29, 0.717) is 25.9 Å². The second-order valence-corrected chi connectivity index (χ2v) is 7.64. The Morgan fingerprint density at radius 2 is 1.48 bits per heavy atom. The van der Waals surface area contributed by atoms with Crippen LogP contribution in [0.15, 0.2) is 24.3 Å². The van der Waals surface area contributed by atoms with E-state index in [2.05, 4.69) is 41.9 Å². The van der Waals surface area contributed by atoms with E-state index >= 15 is 0 Å². The van der Waals surface area contributed by atoms with Gasteiger partial charge in [0, 0.05) is 6.54 Å². The second-order valence-electron chi connectivity index (χ2n) is 7.64. The molecule has 5 heteroatoms. The zero-order valence-electron chi connectivity index (χ0n) is 18.7. The molecule has 4 N–H and O–H groups in total. The van der Waals surface area contributed by atoms with Crippen LogP contribution in [0.3, 0.4) is 0 Å². The van der Waals surface area contributed by atoms with Gasteiger partial charge in [0.2, 0.25) is 12.3 Å². The lowest BCUT2D eigenvalue weighted by Crippen LogP contribution is -2.44. The highest BCUT2D eigenvalue weighted by Crippen LogP contribution is 2.08. The molecule has 29 heavy (non-hydrogen) atoms. The van der Waals surface area contributed by atoms with Gasteiger partial charge < -0.3 is 16.4 Å². The summed E-state index contributed by atoms with van der Waals surface area (Å²) in [6.07, 6.45) is 25.6. The lowest BCUT2D eigenvalue weighted by Gasteiger charge is -2.15. The lowest BCUT2D eigenvalue weighted by molar-refractivity contribution is -0.125. The molecule has 0 aromatic heterocycles. The van der Waals surface area contributed by atoms with Crippen molar-refractivity contribution in [2.24, 2.45) is 5.73 Å². The Labute approximate surface area is 179 Å². The molecule has 0 aliphatic heterocycles. The highest BCUT2D eigenvalue weighted by atomic mass is 16.2. The van der Waals surface area contributed by atoms with Gasteiger partial charge in [-0.3, -0.25) is 9.59 Å². The molecule has 0 heterocycles. The molecule has 0 saturated heterocycles. The standard InChI is InChI=1S/C24H45N3O2/c1-2-3-4-5-6-7-8-9-10-11-12-13-14-15-16-17-21-26-24(29)23(27-22-28)19-18-20-25/h6-7,9-10,22-23H,2-5,8,11-21,25H2,1H3,(H,26,29)(H,27,28). The van der Waals surface area contributed by atoms with E-state index in [4.69, 9.17) is 5.73 Å². The molecule has 1 atom stereocenters. The molecule has 0 spiro atoms. The highest BCUT2D eigenvalue weighted by molar-refractivity contribution is 5.83. The van der Waals surface area contributed by atoms with E-state index < -0.39 is 6.04 Å². The number of allylic oxidation sites excluding steroid dienone is 4. The van der Waals surface area contributed by atoms with E-state index in [1.54, 1.807) is 0 Å². The van der Waals surface area contributed by atoms with Crippen molar-refractivity contribution in [3.8, 4) is 0 Å². The molecule has 5 nitrogen and oxygen atoms in total. The predicted molar refractivity (Wildman–Crippen MR) is 124 cm³/mol. The summed E-state index contributed by atoms with van der Waals surface area (Å²) in [6, 6.07) is -0.458. The number of rotatable bonds is 21. The van der Waals surface area contributed by atoms with Gasteiger partial charge in [0.1, 0.15) is 6.04 Å². The third-order valence-corrected chi connectivity index (χ3v) is 4.96. The summed E-state index contributed by atoms with van der Waals surface area (Å²) in [5.74, 6) is -0.104. The van der Waals surface area contributed by atoms with Crippen molar-refractivity contribution in [1.29, 1.82) is 0 Å². The van der Waals surface area contributed by atoms with E-state index in [0.717, 1.165) is 25.7 Å². The monoisotopic (exact) mass is 407 g/mol. The maximum Gasteiger partial charge on any atom is 0.242 e. The van der Waals surface area contributed by atoms with Gasteiger partial charge in [-0.25, -0.2) is 0 Å². The first kappa shape index (κ1) is 27.4. The van der Waals surface area contributed by atoms with Crippen LogP contribution in [-0.2, 0) is 9.59 Å². The summed E-state index contributed by atoms with van der Waals surface area (Å²) in [5.41, 5.74) is 5.46. The third kappa shape index (κ3) is 19.5. The van der Waals surface area contributed by atoms with Crippen LogP contribution in [0.1, 0.15) is 96.8 Å². The number of nitrogens with two attached hydrogens (primary N) is 1. The van der Waals surface area contributed by atoms with Gasteiger partial charge in [0.15, 0.2) is 0 Å². The van der Waals surface area contributed by atoms with E-state index in [1.165, 1.54) is 57.8 Å². The molecule has 0 aliphatic rings. The van der Waals surface area contributed by atoms with Gasteiger partial charge in [-0.2, -0.15) is 0 Å². The summed E-state index contributed by atoms with van der Waals surface area (Å²) in [6.45, 7) is 3.44. The summed E-state index contributed by atoms with van der Waals surface area (Å²) < 4.78 is 0. The number of carbonyl (C=O) groups excluding carboxylic acids is 2. The zero-order chi connectivity index (χ0) is 21.4. The van der Waals surface area contributed by atoms with E-state index in [1.807, 2.05) is 0 Å². The quantitative estimate of drug-likeness (QED) is 0.146. The van der Waals surface area contributed by atoms with Gasteiger partial charge in [-0.15, -0.1) is 0 Å². The Kier molecular flexibility index (Phi) is 21.4. The average Bonchev–Trinajstić information content (AvgIpc) is 2.73. The van der Waals surface area contributed by atoms with Crippen molar-refractivity contribution >= 4 is 12.3 Å². The van der Waals surface area contributed by atoms with Crippen LogP contribution < -0.4 is 16.4 Å². The summed E-state index contributed by atoms with van der Waals surface area (Å²) in [5, 5.41) is 5.48. The van der Waals surface area contributed by atoms with Gasteiger partial charge >= 0.3 is 0 Å². The molecule has 0 aromatic rings. The number of carbonyl (C=O) groups is 2. The van der Waals surface area contributed by atoms with Crippen LogP contribution in [0.4, 0.5) is 0 Å². The molecule has 0 aliphatic carbocycles. The number of amides is 2. The highest BCUT2D eigenvalue weighted by Gasteiger charge is 2.15. The molecule has 0 bridgehead atoms. The Morgan fingerprint density at radius 1 is 0.862 bits per heavy atom. The van der Waals surface area contributed by atoms with Gasteiger partial charge in [0.25, 0.3) is 0 Å². The number of unbranched alkanes of at least 4 members (excludes halogenated alkanes) is 9. The Hall–Kier alpha value is -1.62. The number of hydrogen-bond donors (Lipinski definition) is 3. The topological polar surface area (TPSA) is 84.2 Å². The minimum absolute atomic E-state index is 0.104. The smallest absolute Gasteiger partial charge is 0.242 e. The molecule has 1 unspecified atom stereocenters. The van der Waals surface area contributed by atoms with E-state index in [-0.39, 0.29) is 5.91 Å². The predicted octanol–water partition coefficient (Wildman–Crippen LogP) is 4.77. The first-order chi connectivity index (χ1) is 14.3. The largest absolute Gasteiger partial charge is 0.354 e. The normalized spacial score (nSPS) is 12.5. The first-order valence-electron chi connectivity index (χ1n) is 11.7. The number of hydrogen-bond acceptors (Lipinski definition) is 3. The Bertz CT molecular complexity index is 436. The lowest BCUT2D eigenvalue weighted by atomic mass is 10.1. The van der Waals surface area contributed by atoms with Crippen LogP contribution in [0.25, 0.3) is 0 Å². The van der Waals surface area contributed by atoms with Crippen LogP contribution in [0, 0.1) is 0 Å².